The predicted molar refractivity (Wildman–Crippen MR) is 119 cm³/mol. The minimum atomic E-state index is -1.82. The SMILES string of the molecule is Cc1cc([C@H]2C3=CC[C@@H]4C(=O)NC(=O)[C@@H]4[C@@H]3C[C@@]3(Cl)C(=O)N(CBr)C(=O)[C@@]23Cl)ccc1O. The Hall–Kier alpha value is -1.90. The molecule has 2 N–H and O–H groups in total. The first-order valence-corrected chi connectivity index (χ1v) is 12.1. The van der Waals surface area contributed by atoms with Crippen LogP contribution in [0, 0.1) is 24.7 Å². The Morgan fingerprint density at radius 1 is 1.16 bits per heavy atom. The number of fused-ring (bicyclic) bond motifs is 4. The third-order valence-electron chi connectivity index (χ3n) is 7.41. The van der Waals surface area contributed by atoms with Crippen LogP contribution in [0.5, 0.6) is 5.75 Å². The molecule has 1 aromatic rings. The van der Waals surface area contributed by atoms with Crippen LogP contribution in [0.4, 0.5) is 0 Å². The van der Waals surface area contributed by atoms with Gasteiger partial charge >= 0.3 is 0 Å². The number of phenolic OH excluding ortho intramolecular Hbond substituents is 1. The summed E-state index contributed by atoms with van der Waals surface area (Å²) >= 11 is 17.3. The van der Waals surface area contributed by atoms with Crippen molar-refractivity contribution in [2.45, 2.75) is 35.4 Å². The quantitative estimate of drug-likeness (QED) is 0.259. The molecule has 2 aliphatic heterocycles. The van der Waals surface area contributed by atoms with Crippen molar-refractivity contribution in [1.29, 1.82) is 0 Å². The van der Waals surface area contributed by atoms with Gasteiger partial charge in [0.2, 0.25) is 11.8 Å². The number of hydrogen-bond acceptors (Lipinski definition) is 5. The van der Waals surface area contributed by atoms with Gasteiger partial charge in [0.15, 0.2) is 9.75 Å². The molecule has 10 heteroatoms. The lowest BCUT2D eigenvalue weighted by Gasteiger charge is -2.50. The van der Waals surface area contributed by atoms with Crippen LogP contribution in [0.2, 0.25) is 0 Å². The number of alkyl halides is 3. The van der Waals surface area contributed by atoms with Crippen molar-refractivity contribution in [3.63, 3.8) is 0 Å². The topological polar surface area (TPSA) is 104 Å². The number of imide groups is 2. The number of carbonyl (C=O) groups is 4. The number of aryl methyl sites for hydroxylation is 1. The molecule has 0 aromatic heterocycles. The molecule has 7 nitrogen and oxygen atoms in total. The maximum atomic E-state index is 13.5. The van der Waals surface area contributed by atoms with Crippen molar-refractivity contribution in [3.05, 3.63) is 41.0 Å². The minimum Gasteiger partial charge on any atom is -0.508 e. The van der Waals surface area contributed by atoms with Crippen LogP contribution in [-0.4, -0.2) is 48.8 Å². The van der Waals surface area contributed by atoms with Crippen molar-refractivity contribution in [3.8, 4) is 5.75 Å². The number of likely N-dealkylation sites (tertiary alicyclic amines) is 1. The molecule has 0 bridgehead atoms. The fourth-order valence-corrected chi connectivity index (χ4v) is 7.32. The summed E-state index contributed by atoms with van der Waals surface area (Å²) < 4.78 is 0. The highest BCUT2D eigenvalue weighted by atomic mass is 79.9. The van der Waals surface area contributed by atoms with Gasteiger partial charge in [0.25, 0.3) is 11.8 Å². The summed E-state index contributed by atoms with van der Waals surface area (Å²) in [6.07, 6.45) is 2.16. The van der Waals surface area contributed by atoms with Gasteiger partial charge in [-0.15, -0.1) is 23.2 Å². The van der Waals surface area contributed by atoms with Gasteiger partial charge < -0.3 is 5.11 Å². The number of amides is 4. The molecule has 0 unspecified atom stereocenters. The molecule has 1 saturated carbocycles. The summed E-state index contributed by atoms with van der Waals surface area (Å²) in [5.74, 6) is -4.46. The lowest BCUT2D eigenvalue weighted by molar-refractivity contribution is -0.138. The smallest absolute Gasteiger partial charge is 0.254 e. The Bertz CT molecular complexity index is 1140. The van der Waals surface area contributed by atoms with E-state index in [2.05, 4.69) is 21.2 Å². The van der Waals surface area contributed by atoms with E-state index < -0.39 is 51.1 Å². The summed E-state index contributed by atoms with van der Waals surface area (Å²) in [7, 11) is 0. The van der Waals surface area contributed by atoms with E-state index in [4.69, 9.17) is 23.2 Å². The normalized spacial score (nSPS) is 38.2. The number of halogens is 3. The molecule has 2 heterocycles. The Kier molecular flexibility index (Phi) is 4.83. The fraction of sp³-hybridized carbons (Fsp3) is 0.455. The van der Waals surface area contributed by atoms with Crippen LogP contribution in [0.25, 0.3) is 0 Å². The second-order valence-electron chi connectivity index (χ2n) is 8.89. The number of carbonyl (C=O) groups excluding carboxylic acids is 4. The van der Waals surface area contributed by atoms with Gasteiger partial charge in [-0.05, 0) is 42.9 Å². The molecule has 2 saturated heterocycles. The van der Waals surface area contributed by atoms with Gasteiger partial charge in [-0.3, -0.25) is 29.4 Å². The van der Waals surface area contributed by atoms with Gasteiger partial charge in [0.05, 0.1) is 17.3 Å². The molecule has 168 valence electrons. The number of rotatable bonds is 2. The number of aromatic hydroxyl groups is 1. The molecule has 1 aromatic carbocycles. The van der Waals surface area contributed by atoms with Gasteiger partial charge in [-0.25, -0.2) is 0 Å². The van der Waals surface area contributed by atoms with Crippen molar-refractivity contribution in [2.24, 2.45) is 17.8 Å². The number of nitrogens with zero attached hydrogens (tertiary/aromatic N) is 1. The first kappa shape index (κ1) is 21.9. The molecule has 4 aliphatic rings. The van der Waals surface area contributed by atoms with E-state index in [1.807, 2.05) is 6.08 Å². The van der Waals surface area contributed by atoms with E-state index in [9.17, 15) is 24.3 Å². The highest BCUT2D eigenvalue weighted by molar-refractivity contribution is 9.09. The van der Waals surface area contributed by atoms with Crippen LogP contribution >= 0.6 is 39.1 Å². The van der Waals surface area contributed by atoms with E-state index in [0.717, 1.165) is 10.5 Å². The van der Waals surface area contributed by atoms with Crippen LogP contribution in [0.1, 0.15) is 29.9 Å². The number of hydrogen-bond donors (Lipinski definition) is 2. The third kappa shape index (κ3) is 2.54. The average molecular weight is 542 g/mol. The van der Waals surface area contributed by atoms with E-state index in [0.29, 0.717) is 17.5 Å². The standard InChI is InChI=1S/C22H19BrCl2N2O5/c1-9-6-10(2-5-14(9)28)16-11-3-4-12-15(18(30)26-17(12)29)13(11)7-21(24)19(31)27(8-23)20(32)22(16,21)25/h2-3,5-6,12-13,15-16,28H,4,7-8H2,1H3,(H,26,29,30)/t12-,13+,15-,16-,21+,22-/m0/s1. The van der Waals surface area contributed by atoms with Crippen LogP contribution < -0.4 is 5.32 Å². The maximum absolute atomic E-state index is 13.5. The molecule has 0 spiro atoms. The van der Waals surface area contributed by atoms with Gasteiger partial charge in [-0.1, -0.05) is 39.7 Å². The lowest BCUT2D eigenvalue weighted by atomic mass is 9.56. The van der Waals surface area contributed by atoms with Gasteiger partial charge in [-0.2, -0.15) is 0 Å². The van der Waals surface area contributed by atoms with Crippen molar-refractivity contribution < 1.29 is 24.3 Å². The number of phenols is 1. The summed E-state index contributed by atoms with van der Waals surface area (Å²) in [4.78, 5) is 49.3. The first-order chi connectivity index (χ1) is 15.1. The monoisotopic (exact) mass is 540 g/mol. The first-order valence-electron chi connectivity index (χ1n) is 10.2. The number of nitrogens with one attached hydrogen (secondary N) is 1. The molecule has 4 amide bonds. The van der Waals surface area contributed by atoms with E-state index in [1.54, 1.807) is 19.1 Å². The molecule has 0 radical (unpaired) electrons. The highest BCUT2D eigenvalue weighted by Gasteiger charge is 2.76. The van der Waals surface area contributed by atoms with E-state index in [1.165, 1.54) is 6.07 Å². The predicted octanol–water partition coefficient (Wildman–Crippen LogP) is 2.70. The third-order valence-corrected chi connectivity index (χ3v) is 9.33. The van der Waals surface area contributed by atoms with Gasteiger partial charge in [0.1, 0.15) is 5.75 Å². The highest BCUT2D eigenvalue weighted by Crippen LogP contribution is 2.65. The molecular weight excluding hydrogens is 523 g/mol. The Morgan fingerprint density at radius 2 is 1.88 bits per heavy atom. The second-order valence-corrected chi connectivity index (χ2v) is 10.6. The lowest BCUT2D eigenvalue weighted by Crippen LogP contribution is -2.60. The minimum absolute atomic E-state index is 0.0343. The largest absolute Gasteiger partial charge is 0.508 e. The molecular formula is C22H19BrCl2N2O5. The van der Waals surface area contributed by atoms with Crippen LogP contribution in [-0.2, 0) is 19.2 Å². The summed E-state index contributed by atoms with van der Waals surface area (Å²) in [6, 6.07) is 4.87. The van der Waals surface area contributed by atoms with Gasteiger partial charge in [0, 0.05) is 5.92 Å². The van der Waals surface area contributed by atoms with Crippen molar-refractivity contribution in [1.82, 2.24) is 10.2 Å². The van der Waals surface area contributed by atoms with Crippen molar-refractivity contribution in [2.75, 3.05) is 5.45 Å². The Morgan fingerprint density at radius 3 is 2.53 bits per heavy atom. The summed E-state index contributed by atoms with van der Waals surface area (Å²) in [5, 5.41) is 12.4. The van der Waals surface area contributed by atoms with E-state index >= 15 is 0 Å². The average Bonchev–Trinajstić information content (AvgIpc) is 3.11. The molecule has 5 rings (SSSR count). The molecule has 3 fully saturated rings. The maximum Gasteiger partial charge on any atom is 0.254 e. The summed E-state index contributed by atoms with van der Waals surface area (Å²) in [5.41, 5.74) is 1.84. The van der Waals surface area contributed by atoms with Crippen molar-refractivity contribution >= 4 is 62.8 Å². The van der Waals surface area contributed by atoms with E-state index in [-0.39, 0.29) is 23.5 Å². The second kappa shape index (κ2) is 7.05. The Labute approximate surface area is 202 Å². The number of benzene rings is 1. The summed E-state index contributed by atoms with van der Waals surface area (Å²) in [6.45, 7) is 1.72. The molecule has 32 heavy (non-hydrogen) atoms. The zero-order valence-corrected chi connectivity index (χ0v) is 20.0. The zero-order chi connectivity index (χ0) is 23.2. The zero-order valence-electron chi connectivity index (χ0n) is 16.9. The molecule has 6 atom stereocenters. The van der Waals surface area contributed by atoms with Crippen LogP contribution in [0.3, 0.4) is 0 Å². The van der Waals surface area contributed by atoms with Crippen LogP contribution in [0.15, 0.2) is 29.8 Å². The fourth-order valence-electron chi connectivity index (χ4n) is 5.90. The Balaban J connectivity index is 1.76. The molecule has 2 aliphatic carbocycles. The number of allylic oxidation sites excluding steroid dienone is 2.